The minimum atomic E-state index is -3.55. The maximum Gasteiger partial charge on any atom is 0.395 e. The third kappa shape index (κ3) is 4.93. The Bertz CT molecular complexity index is 690. The first-order valence-corrected chi connectivity index (χ1v) is 14.6. The van der Waals surface area contributed by atoms with Crippen molar-refractivity contribution in [1.29, 1.82) is 0 Å². The zero-order valence-corrected chi connectivity index (χ0v) is 19.4. The number of benzene rings is 1. The van der Waals surface area contributed by atoms with E-state index in [1.165, 1.54) is 0 Å². The van der Waals surface area contributed by atoms with Gasteiger partial charge in [0.05, 0.1) is 13.2 Å². The second-order valence-corrected chi connectivity index (χ2v) is 14.2. The third-order valence-electron chi connectivity index (χ3n) is 4.55. The van der Waals surface area contributed by atoms with Crippen molar-refractivity contribution < 1.29 is 22.8 Å². The zero-order chi connectivity index (χ0) is 20.3. The van der Waals surface area contributed by atoms with E-state index in [9.17, 15) is 4.57 Å². The molecule has 2 rings (SSSR count). The number of rotatable bonds is 8. The normalized spacial score (nSPS) is 26.4. The van der Waals surface area contributed by atoms with Gasteiger partial charge in [0.15, 0.2) is 8.32 Å². The van der Waals surface area contributed by atoms with Crippen LogP contribution < -0.4 is 0 Å². The highest BCUT2D eigenvalue weighted by Gasteiger charge is 2.52. The molecule has 3 atom stereocenters. The molecule has 27 heavy (non-hydrogen) atoms. The Hall–Kier alpha value is -0.913. The molecule has 0 spiro atoms. The fourth-order valence-electron chi connectivity index (χ4n) is 3.27. The van der Waals surface area contributed by atoms with Gasteiger partial charge in [0.1, 0.15) is 0 Å². The second-order valence-electron chi connectivity index (χ2n) is 7.84. The molecule has 152 valence electrons. The summed E-state index contributed by atoms with van der Waals surface area (Å²) in [6.07, 6.45) is 1.87. The Morgan fingerprint density at radius 2 is 1.63 bits per heavy atom. The van der Waals surface area contributed by atoms with Crippen molar-refractivity contribution in [3.05, 3.63) is 47.5 Å². The fraction of sp³-hybridized carbons (Fsp3) is 0.600. The van der Waals surface area contributed by atoms with Gasteiger partial charge in [-0.05, 0) is 45.5 Å². The average molecular weight is 413 g/mol. The summed E-state index contributed by atoms with van der Waals surface area (Å²) in [6, 6.07) is 9.89. The lowest BCUT2D eigenvalue weighted by Crippen LogP contribution is -2.50. The highest BCUT2D eigenvalue weighted by atomic mass is 31.2. The zero-order valence-electron chi connectivity index (χ0n) is 17.5. The molecule has 1 aliphatic heterocycles. The van der Waals surface area contributed by atoms with Gasteiger partial charge in [-0.2, -0.15) is 0 Å². The van der Waals surface area contributed by atoms with Crippen LogP contribution in [0.2, 0.25) is 19.6 Å². The molecule has 1 heterocycles. The summed E-state index contributed by atoms with van der Waals surface area (Å²) < 4.78 is 37.6. The molecule has 0 aromatic heterocycles. The van der Waals surface area contributed by atoms with E-state index in [1.807, 2.05) is 36.4 Å². The molecule has 1 aromatic carbocycles. The minimum Gasteiger partial charge on any atom is -0.450 e. The number of hydrogen-bond acceptors (Lipinski definition) is 5. The van der Waals surface area contributed by atoms with E-state index < -0.39 is 21.7 Å². The Balaban J connectivity index is 2.60. The third-order valence-corrected chi connectivity index (χ3v) is 7.44. The topological polar surface area (TPSA) is 54.0 Å². The van der Waals surface area contributed by atoms with Crippen LogP contribution in [0.5, 0.6) is 0 Å². The molecule has 0 amide bonds. The molecular weight excluding hydrogens is 379 g/mol. The van der Waals surface area contributed by atoms with Crippen molar-refractivity contribution >= 4 is 15.9 Å². The van der Waals surface area contributed by atoms with E-state index in [2.05, 4.69) is 33.5 Å². The van der Waals surface area contributed by atoms with Gasteiger partial charge in [0.25, 0.3) is 0 Å². The van der Waals surface area contributed by atoms with Crippen molar-refractivity contribution in [3.63, 3.8) is 0 Å². The van der Waals surface area contributed by atoms with E-state index in [0.717, 1.165) is 5.56 Å². The first kappa shape index (κ1) is 22.4. The van der Waals surface area contributed by atoms with Crippen LogP contribution >= 0.6 is 7.60 Å². The average Bonchev–Trinajstić information content (AvgIpc) is 2.59. The first-order valence-electron chi connectivity index (χ1n) is 9.64. The van der Waals surface area contributed by atoms with Gasteiger partial charge >= 0.3 is 7.60 Å². The van der Waals surface area contributed by atoms with Crippen LogP contribution in [0.15, 0.2) is 41.9 Å². The van der Waals surface area contributed by atoms with E-state index >= 15 is 0 Å². The van der Waals surface area contributed by atoms with Crippen LogP contribution in [0.4, 0.5) is 0 Å². The molecule has 0 fully saturated rings. The van der Waals surface area contributed by atoms with Crippen LogP contribution in [-0.2, 0) is 28.6 Å². The summed E-state index contributed by atoms with van der Waals surface area (Å²) in [7, 11) is -5.57. The molecule has 0 aliphatic carbocycles. The number of allylic oxidation sites excluding steroid dienone is 1. The second kappa shape index (κ2) is 8.62. The Morgan fingerprint density at radius 3 is 2.11 bits per heavy atom. The van der Waals surface area contributed by atoms with E-state index in [4.69, 9.17) is 18.2 Å². The van der Waals surface area contributed by atoms with Crippen molar-refractivity contribution in [3.8, 4) is 0 Å². The Labute approximate surface area is 164 Å². The van der Waals surface area contributed by atoms with Crippen LogP contribution in [-0.4, -0.2) is 21.5 Å². The first-order chi connectivity index (χ1) is 12.6. The monoisotopic (exact) mass is 412 g/mol. The number of ether oxygens (including phenoxy) is 1. The van der Waals surface area contributed by atoms with Crippen LogP contribution in [0.1, 0.15) is 33.3 Å². The van der Waals surface area contributed by atoms with Crippen molar-refractivity contribution in [2.24, 2.45) is 11.8 Å². The molecule has 0 bridgehead atoms. The lowest BCUT2D eigenvalue weighted by molar-refractivity contribution is -0.217. The van der Waals surface area contributed by atoms with Gasteiger partial charge in [-0.15, -0.1) is 0 Å². The molecule has 0 radical (unpaired) electrons. The van der Waals surface area contributed by atoms with E-state index in [1.54, 1.807) is 13.8 Å². The highest BCUT2D eigenvalue weighted by Crippen LogP contribution is 2.62. The summed E-state index contributed by atoms with van der Waals surface area (Å²) in [5.41, 5.74) is 1.16. The fourth-order valence-corrected chi connectivity index (χ4v) is 6.20. The maximum atomic E-state index is 13.4. The lowest BCUT2D eigenvalue weighted by Gasteiger charge is -2.48. The summed E-state index contributed by atoms with van der Waals surface area (Å²) in [6.45, 7) is 14.7. The molecule has 5 nitrogen and oxygen atoms in total. The molecule has 7 heteroatoms. The molecule has 0 saturated heterocycles. The van der Waals surface area contributed by atoms with Crippen LogP contribution in [0, 0.1) is 11.8 Å². The van der Waals surface area contributed by atoms with Crippen LogP contribution in [0.25, 0.3) is 0 Å². The van der Waals surface area contributed by atoms with Gasteiger partial charge < -0.3 is 18.2 Å². The smallest absolute Gasteiger partial charge is 0.395 e. The van der Waals surface area contributed by atoms with Gasteiger partial charge in [-0.25, -0.2) is 0 Å². The van der Waals surface area contributed by atoms with E-state index in [-0.39, 0.29) is 30.5 Å². The van der Waals surface area contributed by atoms with Gasteiger partial charge in [0, 0.05) is 11.5 Å². The summed E-state index contributed by atoms with van der Waals surface area (Å²) >= 11 is 0. The van der Waals surface area contributed by atoms with Gasteiger partial charge in [-0.1, -0.05) is 44.2 Å². The quantitative estimate of drug-likeness (QED) is 0.381. The molecule has 0 N–H and O–H groups in total. The predicted octanol–water partition coefficient (Wildman–Crippen LogP) is 6.10. The molecular formula is C20H33O5PSi. The van der Waals surface area contributed by atoms with Gasteiger partial charge in [0.2, 0.25) is 11.3 Å². The summed E-state index contributed by atoms with van der Waals surface area (Å²) in [4.78, 5) is 0. The van der Waals surface area contributed by atoms with Crippen molar-refractivity contribution in [2.75, 3.05) is 13.2 Å². The number of hydrogen-bond donors (Lipinski definition) is 0. The molecule has 0 saturated carbocycles. The minimum absolute atomic E-state index is 0.0204. The molecule has 1 aliphatic rings. The summed E-state index contributed by atoms with van der Waals surface area (Å²) in [5, 5.41) is 0. The Kier molecular flexibility index (Phi) is 7.15. The van der Waals surface area contributed by atoms with Crippen molar-refractivity contribution in [2.45, 2.75) is 53.1 Å². The molecule has 1 aromatic rings. The largest absolute Gasteiger partial charge is 0.450 e. The SMILES string of the molecule is CCOP(=O)(OCC)C1=C[C@@H](C)[C@@H](C)[C@@](O[Si](C)(C)C)(c2ccccc2)O1. The van der Waals surface area contributed by atoms with Gasteiger partial charge in [-0.3, -0.25) is 4.57 Å². The van der Waals surface area contributed by atoms with Crippen molar-refractivity contribution in [1.82, 2.24) is 0 Å². The summed E-state index contributed by atoms with van der Waals surface area (Å²) in [5.74, 6) is -0.939. The maximum absolute atomic E-state index is 13.4. The Morgan fingerprint density at radius 1 is 1.07 bits per heavy atom. The molecule has 0 unspecified atom stereocenters. The highest BCUT2D eigenvalue weighted by molar-refractivity contribution is 7.58. The standard InChI is InChI=1S/C20H33O5PSi/c1-8-22-26(21,23-9-2)19-15-16(3)17(4)20(24-19,25-27(5,6)7)18-13-11-10-12-14-18/h10-17H,8-9H2,1-7H3/t16-,17-,20-/m1/s1. The lowest BCUT2D eigenvalue weighted by atomic mass is 9.82. The van der Waals surface area contributed by atoms with E-state index in [0.29, 0.717) is 0 Å². The predicted molar refractivity (Wildman–Crippen MR) is 111 cm³/mol. The van der Waals surface area contributed by atoms with Crippen LogP contribution in [0.3, 0.4) is 0 Å².